The molecule has 4 heteroatoms. The summed E-state index contributed by atoms with van der Waals surface area (Å²) < 4.78 is 4.80. The lowest BCUT2D eigenvalue weighted by molar-refractivity contribution is 0.0599. The standard InChI is InChI=1S/C14H20N2O2/c1-16(8-10-6-7-10)9-11-4-3-5-12(15)13(11)14(17)18-2/h3-5,10H,6-9,15H2,1-2H3. The normalized spacial score (nSPS) is 14.8. The van der Waals surface area contributed by atoms with Gasteiger partial charge in [-0.1, -0.05) is 12.1 Å². The van der Waals surface area contributed by atoms with Gasteiger partial charge in [-0.3, -0.25) is 0 Å². The van der Waals surface area contributed by atoms with E-state index < -0.39 is 0 Å². The molecule has 2 rings (SSSR count). The Morgan fingerprint density at radius 3 is 2.83 bits per heavy atom. The molecule has 18 heavy (non-hydrogen) atoms. The maximum Gasteiger partial charge on any atom is 0.340 e. The number of nitrogens with two attached hydrogens (primary N) is 1. The highest BCUT2D eigenvalue weighted by atomic mass is 16.5. The Bertz CT molecular complexity index is 441. The van der Waals surface area contributed by atoms with E-state index in [1.165, 1.54) is 20.0 Å². The zero-order chi connectivity index (χ0) is 13.1. The molecule has 1 aliphatic rings. The molecule has 2 N–H and O–H groups in total. The van der Waals surface area contributed by atoms with Gasteiger partial charge in [0.05, 0.1) is 12.7 Å². The molecule has 0 aliphatic heterocycles. The van der Waals surface area contributed by atoms with E-state index in [4.69, 9.17) is 10.5 Å². The maximum atomic E-state index is 11.8. The fraction of sp³-hybridized carbons (Fsp3) is 0.500. The largest absolute Gasteiger partial charge is 0.465 e. The average molecular weight is 248 g/mol. The van der Waals surface area contributed by atoms with Crippen LogP contribution >= 0.6 is 0 Å². The van der Waals surface area contributed by atoms with Crippen LogP contribution in [0.2, 0.25) is 0 Å². The highest BCUT2D eigenvalue weighted by Gasteiger charge is 2.23. The van der Waals surface area contributed by atoms with Crippen molar-refractivity contribution in [1.29, 1.82) is 0 Å². The van der Waals surface area contributed by atoms with E-state index in [9.17, 15) is 4.79 Å². The van der Waals surface area contributed by atoms with Gasteiger partial charge < -0.3 is 15.4 Å². The summed E-state index contributed by atoms with van der Waals surface area (Å²) in [5, 5.41) is 0. The van der Waals surface area contributed by atoms with E-state index in [1.54, 1.807) is 6.07 Å². The van der Waals surface area contributed by atoms with Gasteiger partial charge >= 0.3 is 5.97 Å². The zero-order valence-electron chi connectivity index (χ0n) is 11.0. The molecule has 4 nitrogen and oxygen atoms in total. The summed E-state index contributed by atoms with van der Waals surface area (Å²) >= 11 is 0. The van der Waals surface area contributed by atoms with Crippen molar-refractivity contribution in [2.24, 2.45) is 5.92 Å². The molecule has 0 aromatic heterocycles. The first-order chi connectivity index (χ1) is 8.61. The van der Waals surface area contributed by atoms with Gasteiger partial charge in [0, 0.05) is 18.8 Å². The van der Waals surface area contributed by atoms with Crippen LogP contribution in [0.4, 0.5) is 5.69 Å². The first-order valence-electron chi connectivity index (χ1n) is 6.26. The summed E-state index contributed by atoms with van der Waals surface area (Å²) in [5.74, 6) is 0.473. The maximum absolute atomic E-state index is 11.8. The summed E-state index contributed by atoms with van der Waals surface area (Å²) in [4.78, 5) is 14.0. The third kappa shape index (κ3) is 3.01. The van der Waals surface area contributed by atoms with Gasteiger partial charge in [-0.05, 0) is 37.4 Å². The zero-order valence-corrected chi connectivity index (χ0v) is 11.0. The van der Waals surface area contributed by atoms with E-state index in [0.29, 0.717) is 11.3 Å². The molecule has 0 amide bonds. The predicted molar refractivity (Wildman–Crippen MR) is 71.3 cm³/mol. The lowest BCUT2D eigenvalue weighted by Crippen LogP contribution is -2.22. The van der Waals surface area contributed by atoms with Crippen molar-refractivity contribution in [3.8, 4) is 0 Å². The number of hydrogen-bond donors (Lipinski definition) is 1. The number of methoxy groups -OCH3 is 1. The highest BCUT2D eigenvalue weighted by Crippen LogP contribution is 2.30. The van der Waals surface area contributed by atoms with Gasteiger partial charge in [-0.25, -0.2) is 4.79 Å². The number of nitrogen functional groups attached to an aromatic ring is 1. The second kappa shape index (κ2) is 5.40. The van der Waals surface area contributed by atoms with E-state index in [2.05, 4.69) is 11.9 Å². The number of hydrogen-bond acceptors (Lipinski definition) is 4. The molecule has 0 bridgehead atoms. The molecule has 1 saturated carbocycles. The molecular weight excluding hydrogens is 228 g/mol. The number of anilines is 1. The average Bonchev–Trinajstić information content (AvgIpc) is 3.12. The van der Waals surface area contributed by atoms with Crippen molar-refractivity contribution in [3.63, 3.8) is 0 Å². The van der Waals surface area contributed by atoms with E-state index in [0.717, 1.165) is 24.6 Å². The van der Waals surface area contributed by atoms with Gasteiger partial charge in [-0.2, -0.15) is 0 Å². The van der Waals surface area contributed by atoms with E-state index >= 15 is 0 Å². The molecule has 0 atom stereocenters. The number of carbonyl (C=O) groups is 1. The van der Waals surface area contributed by atoms with Crippen LogP contribution in [0.15, 0.2) is 18.2 Å². The van der Waals surface area contributed by atoms with Crippen molar-refractivity contribution in [1.82, 2.24) is 4.90 Å². The highest BCUT2D eigenvalue weighted by molar-refractivity contribution is 5.96. The second-order valence-electron chi connectivity index (χ2n) is 5.01. The lowest BCUT2D eigenvalue weighted by Gasteiger charge is -2.18. The molecule has 0 spiro atoms. The van der Waals surface area contributed by atoms with Crippen molar-refractivity contribution in [2.45, 2.75) is 19.4 Å². The van der Waals surface area contributed by atoms with Crippen molar-refractivity contribution >= 4 is 11.7 Å². The Balaban J connectivity index is 2.14. The molecule has 1 aromatic carbocycles. The molecule has 0 radical (unpaired) electrons. The van der Waals surface area contributed by atoms with Crippen molar-refractivity contribution < 1.29 is 9.53 Å². The fourth-order valence-corrected chi connectivity index (χ4v) is 2.20. The van der Waals surface area contributed by atoms with Gasteiger partial charge in [0.2, 0.25) is 0 Å². The number of rotatable bonds is 5. The number of benzene rings is 1. The molecular formula is C14H20N2O2. The minimum Gasteiger partial charge on any atom is -0.465 e. The van der Waals surface area contributed by atoms with Crippen LogP contribution in [0.3, 0.4) is 0 Å². The Hall–Kier alpha value is -1.55. The molecule has 0 heterocycles. The molecule has 1 fully saturated rings. The first-order valence-corrected chi connectivity index (χ1v) is 6.26. The van der Waals surface area contributed by atoms with Crippen molar-refractivity contribution in [2.75, 3.05) is 26.4 Å². The van der Waals surface area contributed by atoms with Crippen LogP contribution in [0.25, 0.3) is 0 Å². The molecule has 0 unspecified atom stereocenters. The fourth-order valence-electron chi connectivity index (χ4n) is 2.20. The van der Waals surface area contributed by atoms with Crippen LogP contribution in [-0.2, 0) is 11.3 Å². The second-order valence-corrected chi connectivity index (χ2v) is 5.01. The first kappa shape index (κ1) is 12.9. The Morgan fingerprint density at radius 1 is 1.50 bits per heavy atom. The van der Waals surface area contributed by atoms with Gasteiger partial charge in [0.1, 0.15) is 0 Å². The topological polar surface area (TPSA) is 55.6 Å². The lowest BCUT2D eigenvalue weighted by atomic mass is 10.0. The molecule has 1 aromatic rings. The minimum atomic E-state index is -0.358. The third-order valence-corrected chi connectivity index (χ3v) is 3.28. The predicted octanol–water partition coefficient (Wildman–Crippen LogP) is 1.90. The third-order valence-electron chi connectivity index (χ3n) is 3.28. The monoisotopic (exact) mass is 248 g/mol. The summed E-state index contributed by atoms with van der Waals surface area (Å²) in [6.45, 7) is 1.81. The summed E-state index contributed by atoms with van der Waals surface area (Å²) in [5.41, 5.74) is 7.79. The van der Waals surface area contributed by atoms with E-state index in [1.807, 2.05) is 12.1 Å². The number of carbonyl (C=O) groups excluding carboxylic acids is 1. The Morgan fingerprint density at radius 2 is 2.22 bits per heavy atom. The van der Waals surface area contributed by atoms with Crippen molar-refractivity contribution in [3.05, 3.63) is 29.3 Å². The Kier molecular flexibility index (Phi) is 3.87. The van der Waals surface area contributed by atoms with Crippen LogP contribution in [-0.4, -0.2) is 31.6 Å². The van der Waals surface area contributed by atoms with E-state index in [-0.39, 0.29) is 5.97 Å². The number of nitrogens with zero attached hydrogens (tertiary/aromatic N) is 1. The smallest absolute Gasteiger partial charge is 0.340 e. The van der Waals surface area contributed by atoms with Crippen LogP contribution in [0.5, 0.6) is 0 Å². The number of esters is 1. The van der Waals surface area contributed by atoms with Crippen LogP contribution < -0.4 is 5.73 Å². The van der Waals surface area contributed by atoms with Gasteiger partial charge in [-0.15, -0.1) is 0 Å². The van der Waals surface area contributed by atoms with Gasteiger partial charge in [0.15, 0.2) is 0 Å². The summed E-state index contributed by atoms with van der Waals surface area (Å²) in [6, 6.07) is 5.55. The summed E-state index contributed by atoms with van der Waals surface area (Å²) in [7, 11) is 3.45. The SMILES string of the molecule is COC(=O)c1c(N)cccc1CN(C)CC1CC1. The van der Waals surface area contributed by atoms with Crippen LogP contribution in [0, 0.1) is 5.92 Å². The number of ether oxygens (including phenoxy) is 1. The van der Waals surface area contributed by atoms with Crippen LogP contribution in [0.1, 0.15) is 28.8 Å². The Labute approximate surface area is 108 Å². The molecule has 0 saturated heterocycles. The molecule has 98 valence electrons. The molecule has 1 aliphatic carbocycles. The minimum absolute atomic E-state index is 0.358. The summed E-state index contributed by atoms with van der Waals surface area (Å²) in [6.07, 6.45) is 2.65. The quantitative estimate of drug-likeness (QED) is 0.638. The van der Waals surface area contributed by atoms with Gasteiger partial charge in [0.25, 0.3) is 0 Å².